The van der Waals surface area contributed by atoms with E-state index in [0.29, 0.717) is 0 Å². The predicted molar refractivity (Wildman–Crippen MR) is 78.7 cm³/mol. The zero-order valence-corrected chi connectivity index (χ0v) is 11.2. The average molecular weight is 234 g/mol. The first-order valence-electron chi connectivity index (χ1n) is 6.42. The van der Waals surface area contributed by atoms with E-state index < -0.39 is 0 Å². The van der Waals surface area contributed by atoms with Crippen molar-refractivity contribution in [3.05, 3.63) is 65.7 Å². The Hall–Kier alpha value is -1.82. The number of hydrogen-bond acceptors (Lipinski definition) is 0. The second-order valence-electron chi connectivity index (χ2n) is 5.68. The molecule has 3 rings (SSSR count). The molecule has 0 saturated heterocycles. The highest BCUT2D eigenvalue weighted by Gasteiger charge is 2.36. The highest BCUT2D eigenvalue weighted by Crippen LogP contribution is 2.50. The van der Waals surface area contributed by atoms with Gasteiger partial charge in [-0.25, -0.2) is 0 Å². The summed E-state index contributed by atoms with van der Waals surface area (Å²) in [5, 5.41) is 0. The molecule has 90 valence electrons. The Morgan fingerprint density at radius 3 is 2.33 bits per heavy atom. The minimum atomic E-state index is 0.0709. The number of hydrogen-bond donors (Lipinski definition) is 0. The molecule has 0 fully saturated rings. The molecule has 0 radical (unpaired) electrons. The second-order valence-corrected chi connectivity index (χ2v) is 5.68. The Bertz CT molecular complexity index is 645. The lowest BCUT2D eigenvalue weighted by atomic mass is 9.79. The first-order valence-corrected chi connectivity index (χ1v) is 6.42. The fourth-order valence-corrected chi connectivity index (χ4v) is 3.20. The van der Waals surface area contributed by atoms with Gasteiger partial charge in [-0.3, -0.25) is 0 Å². The van der Waals surface area contributed by atoms with Gasteiger partial charge in [-0.2, -0.15) is 0 Å². The monoisotopic (exact) mass is 234 g/mol. The Morgan fingerprint density at radius 1 is 0.944 bits per heavy atom. The molecule has 0 N–H and O–H groups in total. The Balaban J connectivity index is 2.42. The number of rotatable bonds is 1. The lowest BCUT2D eigenvalue weighted by Crippen LogP contribution is -2.16. The lowest BCUT2D eigenvalue weighted by Gasteiger charge is -2.24. The van der Waals surface area contributed by atoms with Gasteiger partial charge in [0.25, 0.3) is 0 Å². The third-order valence-electron chi connectivity index (χ3n) is 4.04. The van der Waals surface area contributed by atoms with E-state index in [9.17, 15) is 0 Å². The maximum Gasteiger partial charge on any atom is 0.0164 e. The molecular weight excluding hydrogens is 216 g/mol. The van der Waals surface area contributed by atoms with E-state index >= 15 is 0 Å². The summed E-state index contributed by atoms with van der Waals surface area (Å²) < 4.78 is 0. The lowest BCUT2D eigenvalue weighted by molar-refractivity contribution is 0.658. The highest BCUT2D eigenvalue weighted by atomic mass is 14.4. The van der Waals surface area contributed by atoms with Gasteiger partial charge < -0.3 is 0 Å². The van der Waals surface area contributed by atoms with Crippen molar-refractivity contribution in [3.8, 4) is 11.1 Å². The van der Waals surface area contributed by atoms with Crippen LogP contribution >= 0.6 is 0 Å². The van der Waals surface area contributed by atoms with Gasteiger partial charge in [-0.05, 0) is 34.7 Å². The standard InChI is InChI=1S/C18H18/c1-12(2)13-9-7-10-15-14-8-5-6-11-16(14)18(3,4)17(13)15/h5-11H,1H2,2-4H3. The van der Waals surface area contributed by atoms with E-state index in [2.05, 4.69) is 69.8 Å². The Morgan fingerprint density at radius 2 is 1.61 bits per heavy atom. The summed E-state index contributed by atoms with van der Waals surface area (Å²) in [5.74, 6) is 0. The van der Waals surface area contributed by atoms with E-state index in [1.165, 1.54) is 27.8 Å². The van der Waals surface area contributed by atoms with E-state index in [1.54, 1.807) is 0 Å². The van der Waals surface area contributed by atoms with E-state index in [-0.39, 0.29) is 5.41 Å². The molecule has 2 aromatic carbocycles. The normalized spacial score (nSPS) is 15.1. The summed E-state index contributed by atoms with van der Waals surface area (Å²) in [7, 11) is 0. The maximum absolute atomic E-state index is 4.13. The van der Waals surface area contributed by atoms with Crippen molar-refractivity contribution < 1.29 is 0 Å². The molecule has 0 aromatic heterocycles. The van der Waals surface area contributed by atoms with Gasteiger partial charge in [-0.15, -0.1) is 0 Å². The van der Waals surface area contributed by atoms with Crippen molar-refractivity contribution in [2.24, 2.45) is 0 Å². The minimum absolute atomic E-state index is 0.0709. The zero-order valence-electron chi connectivity index (χ0n) is 11.2. The molecule has 18 heavy (non-hydrogen) atoms. The third-order valence-corrected chi connectivity index (χ3v) is 4.04. The van der Waals surface area contributed by atoms with Crippen molar-refractivity contribution >= 4 is 5.57 Å². The van der Waals surface area contributed by atoms with Gasteiger partial charge in [0.15, 0.2) is 0 Å². The summed E-state index contributed by atoms with van der Waals surface area (Å²) in [4.78, 5) is 0. The molecule has 1 aliphatic rings. The first kappa shape index (κ1) is 11.3. The van der Waals surface area contributed by atoms with Gasteiger partial charge in [0, 0.05) is 5.41 Å². The fourth-order valence-electron chi connectivity index (χ4n) is 3.20. The molecule has 0 atom stereocenters. The predicted octanol–water partition coefficient (Wildman–Crippen LogP) is 5.03. The molecule has 0 aliphatic heterocycles. The number of allylic oxidation sites excluding steroid dienone is 1. The van der Waals surface area contributed by atoms with Crippen LogP contribution in [0.25, 0.3) is 16.7 Å². The smallest absolute Gasteiger partial charge is 0.0164 e. The van der Waals surface area contributed by atoms with Crippen LogP contribution in [0.5, 0.6) is 0 Å². The van der Waals surface area contributed by atoms with Crippen LogP contribution in [0.15, 0.2) is 49.0 Å². The quantitative estimate of drug-likeness (QED) is 0.649. The summed E-state index contributed by atoms with van der Waals surface area (Å²) in [6.45, 7) is 10.8. The molecule has 0 bridgehead atoms. The highest BCUT2D eigenvalue weighted by molar-refractivity contribution is 5.85. The second kappa shape index (κ2) is 3.58. The van der Waals surface area contributed by atoms with Crippen molar-refractivity contribution in [1.82, 2.24) is 0 Å². The van der Waals surface area contributed by atoms with Crippen molar-refractivity contribution in [2.45, 2.75) is 26.2 Å². The summed E-state index contributed by atoms with van der Waals surface area (Å²) in [5.41, 5.74) is 8.12. The van der Waals surface area contributed by atoms with Crippen molar-refractivity contribution in [3.63, 3.8) is 0 Å². The summed E-state index contributed by atoms with van der Waals surface area (Å²) in [6.07, 6.45) is 0. The largest absolute Gasteiger partial charge is 0.0955 e. The van der Waals surface area contributed by atoms with Crippen LogP contribution in [-0.4, -0.2) is 0 Å². The molecule has 2 aromatic rings. The van der Waals surface area contributed by atoms with Crippen LogP contribution in [0, 0.1) is 0 Å². The van der Waals surface area contributed by atoms with E-state index in [0.717, 1.165) is 5.57 Å². The minimum Gasteiger partial charge on any atom is -0.0955 e. The van der Waals surface area contributed by atoms with Gasteiger partial charge in [0.1, 0.15) is 0 Å². The average Bonchev–Trinajstić information content (AvgIpc) is 2.60. The van der Waals surface area contributed by atoms with Crippen LogP contribution in [0.4, 0.5) is 0 Å². The van der Waals surface area contributed by atoms with Crippen LogP contribution < -0.4 is 0 Å². The van der Waals surface area contributed by atoms with Gasteiger partial charge in [0.2, 0.25) is 0 Å². The molecule has 0 spiro atoms. The molecular formula is C18H18. The molecule has 1 aliphatic carbocycles. The van der Waals surface area contributed by atoms with Crippen LogP contribution in [0.3, 0.4) is 0 Å². The molecule has 0 heteroatoms. The van der Waals surface area contributed by atoms with E-state index in [1.807, 2.05) is 0 Å². The van der Waals surface area contributed by atoms with Gasteiger partial charge >= 0.3 is 0 Å². The summed E-state index contributed by atoms with van der Waals surface area (Å²) >= 11 is 0. The van der Waals surface area contributed by atoms with Crippen LogP contribution in [-0.2, 0) is 5.41 Å². The number of fused-ring (bicyclic) bond motifs is 3. The van der Waals surface area contributed by atoms with Crippen molar-refractivity contribution in [2.75, 3.05) is 0 Å². The topological polar surface area (TPSA) is 0 Å². The molecule has 0 amide bonds. The fraction of sp³-hybridized carbons (Fsp3) is 0.222. The van der Waals surface area contributed by atoms with Crippen LogP contribution in [0.2, 0.25) is 0 Å². The first-order chi connectivity index (χ1) is 8.53. The van der Waals surface area contributed by atoms with Crippen molar-refractivity contribution in [1.29, 1.82) is 0 Å². The molecule has 0 heterocycles. The SMILES string of the molecule is C=C(C)c1cccc2c1C(C)(C)c1ccccc1-2. The molecule has 0 unspecified atom stereocenters. The maximum atomic E-state index is 4.13. The van der Waals surface area contributed by atoms with Gasteiger partial charge in [0.05, 0.1) is 0 Å². The van der Waals surface area contributed by atoms with Crippen LogP contribution in [0.1, 0.15) is 37.5 Å². The Kier molecular flexibility index (Phi) is 2.25. The summed E-state index contributed by atoms with van der Waals surface area (Å²) in [6, 6.07) is 15.3. The van der Waals surface area contributed by atoms with Gasteiger partial charge in [-0.1, -0.05) is 68.5 Å². The Labute approximate surface area is 109 Å². The van der Waals surface area contributed by atoms with E-state index in [4.69, 9.17) is 0 Å². The zero-order chi connectivity index (χ0) is 12.9. The molecule has 0 saturated carbocycles. The third kappa shape index (κ3) is 1.32. The number of benzene rings is 2. The molecule has 0 nitrogen and oxygen atoms in total.